The first kappa shape index (κ1) is 16.8. The highest BCUT2D eigenvalue weighted by Crippen LogP contribution is 2.20. The summed E-state index contributed by atoms with van der Waals surface area (Å²) in [5, 5.41) is 0.258. The van der Waals surface area contributed by atoms with E-state index in [9.17, 15) is 4.79 Å². The molecule has 2 heterocycles. The van der Waals surface area contributed by atoms with Gasteiger partial charge < -0.3 is 14.2 Å². The Bertz CT molecular complexity index is 696. The molecule has 2 rings (SSSR count). The van der Waals surface area contributed by atoms with E-state index >= 15 is 0 Å². The van der Waals surface area contributed by atoms with Gasteiger partial charge >= 0.3 is 6.09 Å². The Hall–Kier alpha value is -1.60. The summed E-state index contributed by atoms with van der Waals surface area (Å²) >= 11 is 11.8. The molecule has 1 amide bonds. The zero-order valence-electron chi connectivity index (χ0n) is 12.8. The van der Waals surface area contributed by atoms with Crippen LogP contribution >= 0.6 is 23.2 Å². The summed E-state index contributed by atoms with van der Waals surface area (Å²) in [6.45, 7) is 6.38. The van der Waals surface area contributed by atoms with Gasteiger partial charge in [-0.15, -0.1) is 0 Å². The molecule has 0 aliphatic heterocycles. The first-order valence-electron chi connectivity index (χ1n) is 6.65. The van der Waals surface area contributed by atoms with Crippen molar-refractivity contribution in [3.05, 3.63) is 16.8 Å². The molecule has 7 nitrogen and oxygen atoms in total. The van der Waals surface area contributed by atoms with Crippen molar-refractivity contribution in [2.24, 2.45) is 0 Å². The first-order chi connectivity index (χ1) is 10.2. The van der Waals surface area contributed by atoms with E-state index < -0.39 is 5.60 Å². The fourth-order valence-electron chi connectivity index (χ4n) is 1.74. The average Bonchev–Trinajstić information content (AvgIpc) is 2.77. The molecule has 0 spiro atoms. The molecule has 2 aromatic heterocycles. The normalized spacial score (nSPS) is 11.7. The second kappa shape index (κ2) is 6.26. The van der Waals surface area contributed by atoms with Crippen LogP contribution < -0.4 is 0 Å². The fourth-order valence-corrected chi connectivity index (χ4v) is 2.16. The van der Waals surface area contributed by atoms with Crippen LogP contribution in [0.5, 0.6) is 0 Å². The Kier molecular flexibility index (Phi) is 4.77. The number of likely N-dealkylation sites (N-methyl/N-ethyl adjacent to an activating group) is 1. The molecule has 120 valence electrons. The maximum atomic E-state index is 11.9. The minimum Gasteiger partial charge on any atom is -0.444 e. The van der Waals surface area contributed by atoms with Crippen molar-refractivity contribution in [2.45, 2.75) is 32.9 Å². The third kappa shape index (κ3) is 3.98. The summed E-state index contributed by atoms with van der Waals surface area (Å²) < 4.78 is 7.05. The summed E-state index contributed by atoms with van der Waals surface area (Å²) in [5.74, 6) is 0. The molecule has 0 aromatic carbocycles. The van der Waals surface area contributed by atoms with Crippen molar-refractivity contribution >= 4 is 40.5 Å². The van der Waals surface area contributed by atoms with E-state index in [1.54, 1.807) is 17.9 Å². The lowest BCUT2D eigenvalue weighted by atomic mass is 10.2. The molecule has 0 saturated carbocycles. The minimum atomic E-state index is -0.526. The number of aromatic nitrogens is 4. The number of hydrogen-bond donors (Lipinski definition) is 0. The van der Waals surface area contributed by atoms with Gasteiger partial charge in [-0.3, -0.25) is 0 Å². The third-order valence-corrected chi connectivity index (χ3v) is 3.21. The summed E-state index contributed by atoms with van der Waals surface area (Å²) in [5.41, 5.74) is 0.481. The van der Waals surface area contributed by atoms with Gasteiger partial charge in [0.1, 0.15) is 11.1 Å². The van der Waals surface area contributed by atoms with Gasteiger partial charge in [0, 0.05) is 20.1 Å². The van der Waals surface area contributed by atoms with E-state index in [4.69, 9.17) is 27.9 Å². The maximum absolute atomic E-state index is 11.9. The van der Waals surface area contributed by atoms with Gasteiger partial charge in [-0.2, -0.15) is 4.98 Å². The van der Waals surface area contributed by atoms with Gasteiger partial charge in [-0.05, 0) is 32.4 Å². The number of hydrogen-bond acceptors (Lipinski definition) is 5. The van der Waals surface area contributed by atoms with E-state index in [1.807, 2.05) is 20.8 Å². The number of rotatable bonds is 3. The molecule has 0 N–H and O–H groups in total. The SMILES string of the molecule is CN(CCn1cnc2c(Cl)nc(Cl)nc21)C(=O)OC(C)(C)C. The molecular formula is C13H17Cl2N5O2. The van der Waals surface area contributed by atoms with Gasteiger partial charge in [0.15, 0.2) is 10.8 Å². The number of imidazole rings is 1. The molecular weight excluding hydrogens is 329 g/mol. The smallest absolute Gasteiger partial charge is 0.410 e. The van der Waals surface area contributed by atoms with Crippen molar-refractivity contribution in [3.8, 4) is 0 Å². The van der Waals surface area contributed by atoms with Gasteiger partial charge in [0.25, 0.3) is 0 Å². The van der Waals surface area contributed by atoms with Crippen LogP contribution in [-0.4, -0.2) is 49.7 Å². The van der Waals surface area contributed by atoms with E-state index in [-0.39, 0.29) is 16.5 Å². The lowest BCUT2D eigenvalue weighted by Gasteiger charge is -2.24. The molecule has 9 heteroatoms. The quantitative estimate of drug-likeness (QED) is 0.631. The highest BCUT2D eigenvalue weighted by Gasteiger charge is 2.19. The van der Waals surface area contributed by atoms with Crippen molar-refractivity contribution in [1.29, 1.82) is 0 Å². The third-order valence-electron chi connectivity index (χ3n) is 2.78. The van der Waals surface area contributed by atoms with Crippen LogP contribution in [0, 0.1) is 0 Å². The standard InChI is InChI=1S/C13H17Cl2N5O2/c1-13(2,3)22-12(21)19(4)5-6-20-7-16-8-9(14)17-11(15)18-10(8)20/h7H,5-6H2,1-4H3. The van der Waals surface area contributed by atoms with E-state index in [1.165, 1.54) is 4.90 Å². The van der Waals surface area contributed by atoms with Crippen LogP contribution in [0.15, 0.2) is 6.33 Å². The molecule has 2 aromatic rings. The first-order valence-corrected chi connectivity index (χ1v) is 7.41. The maximum Gasteiger partial charge on any atom is 0.410 e. The average molecular weight is 346 g/mol. The molecule has 22 heavy (non-hydrogen) atoms. The summed E-state index contributed by atoms with van der Waals surface area (Å²) in [4.78, 5) is 25.5. The Morgan fingerprint density at radius 3 is 2.68 bits per heavy atom. The van der Waals surface area contributed by atoms with Crippen LogP contribution in [0.1, 0.15) is 20.8 Å². The van der Waals surface area contributed by atoms with E-state index in [0.29, 0.717) is 24.3 Å². The zero-order chi connectivity index (χ0) is 16.5. The highest BCUT2D eigenvalue weighted by atomic mass is 35.5. The number of halogens is 2. The van der Waals surface area contributed by atoms with Gasteiger partial charge in [0.2, 0.25) is 5.28 Å². The molecule has 0 unspecified atom stereocenters. The Balaban J connectivity index is 2.07. The van der Waals surface area contributed by atoms with Crippen LogP contribution in [0.2, 0.25) is 10.4 Å². The van der Waals surface area contributed by atoms with E-state index in [2.05, 4.69) is 15.0 Å². The molecule has 0 atom stereocenters. The number of nitrogens with zero attached hydrogens (tertiary/aromatic N) is 5. The van der Waals surface area contributed by atoms with Gasteiger partial charge in [0.05, 0.1) is 6.33 Å². The molecule has 0 saturated heterocycles. The fraction of sp³-hybridized carbons (Fsp3) is 0.538. The van der Waals surface area contributed by atoms with Crippen LogP contribution in [0.3, 0.4) is 0 Å². The van der Waals surface area contributed by atoms with Crippen molar-refractivity contribution < 1.29 is 9.53 Å². The predicted molar refractivity (Wildman–Crippen MR) is 84.2 cm³/mol. The van der Waals surface area contributed by atoms with Crippen molar-refractivity contribution in [3.63, 3.8) is 0 Å². The predicted octanol–water partition coefficient (Wildman–Crippen LogP) is 3.00. The van der Waals surface area contributed by atoms with Gasteiger partial charge in [-0.25, -0.2) is 14.8 Å². The number of amides is 1. The minimum absolute atomic E-state index is 0.0553. The number of carbonyl (C=O) groups is 1. The van der Waals surface area contributed by atoms with Crippen LogP contribution in [0.25, 0.3) is 11.2 Å². The largest absolute Gasteiger partial charge is 0.444 e. The second-order valence-electron chi connectivity index (χ2n) is 5.80. The van der Waals surface area contributed by atoms with E-state index in [0.717, 1.165) is 0 Å². The Labute approximate surface area is 138 Å². The molecule has 0 fully saturated rings. The Morgan fingerprint density at radius 2 is 2.05 bits per heavy atom. The molecule has 0 bridgehead atoms. The monoisotopic (exact) mass is 345 g/mol. The van der Waals surface area contributed by atoms with Crippen molar-refractivity contribution in [2.75, 3.05) is 13.6 Å². The molecule has 0 aliphatic carbocycles. The lowest BCUT2D eigenvalue weighted by molar-refractivity contribution is 0.0294. The number of fused-ring (bicyclic) bond motifs is 1. The topological polar surface area (TPSA) is 73.1 Å². The lowest BCUT2D eigenvalue weighted by Crippen LogP contribution is -2.35. The summed E-state index contributed by atoms with van der Waals surface area (Å²) in [6.07, 6.45) is 1.20. The van der Waals surface area contributed by atoms with Crippen LogP contribution in [0.4, 0.5) is 4.79 Å². The second-order valence-corrected chi connectivity index (χ2v) is 6.49. The highest BCUT2D eigenvalue weighted by molar-refractivity contribution is 6.35. The molecule has 0 aliphatic rings. The van der Waals surface area contributed by atoms with Crippen LogP contribution in [-0.2, 0) is 11.3 Å². The van der Waals surface area contributed by atoms with Crippen molar-refractivity contribution in [1.82, 2.24) is 24.4 Å². The number of carbonyl (C=O) groups excluding carboxylic acids is 1. The number of ether oxygens (including phenoxy) is 1. The Morgan fingerprint density at radius 1 is 1.36 bits per heavy atom. The summed E-state index contributed by atoms with van der Waals surface area (Å²) in [7, 11) is 1.67. The summed E-state index contributed by atoms with van der Waals surface area (Å²) in [6, 6.07) is 0. The van der Waals surface area contributed by atoms with Gasteiger partial charge in [-0.1, -0.05) is 11.6 Å². The zero-order valence-corrected chi connectivity index (χ0v) is 14.3. The molecule has 0 radical (unpaired) electrons.